The van der Waals surface area contributed by atoms with Gasteiger partial charge in [-0.2, -0.15) is 0 Å². The second-order valence-corrected chi connectivity index (χ2v) is 5.45. The molecular weight excluding hydrogens is 320 g/mol. The highest BCUT2D eigenvalue weighted by atomic mass is 79.9. The number of nitrogens with zero attached hydrogens (tertiary/aromatic N) is 1. The number of carbonyl (C=O) groups is 2. The van der Waals surface area contributed by atoms with E-state index in [2.05, 4.69) is 15.9 Å². The predicted octanol–water partition coefficient (Wildman–Crippen LogP) is 3.13. The van der Waals surface area contributed by atoms with Crippen LogP contribution in [0.25, 0.3) is 0 Å². The van der Waals surface area contributed by atoms with Crippen molar-refractivity contribution in [2.24, 2.45) is 5.92 Å². The molecule has 1 aliphatic heterocycles. The van der Waals surface area contributed by atoms with Gasteiger partial charge >= 0.3 is 0 Å². The second-order valence-electron chi connectivity index (χ2n) is 4.53. The van der Waals surface area contributed by atoms with Gasteiger partial charge < -0.3 is 0 Å². The number of imide groups is 1. The van der Waals surface area contributed by atoms with Crippen molar-refractivity contribution in [3.05, 3.63) is 33.8 Å². The summed E-state index contributed by atoms with van der Waals surface area (Å²) in [6.45, 7) is 2.13. The molecule has 6 heteroatoms. The summed E-state index contributed by atoms with van der Waals surface area (Å²) < 4.78 is 27.6. The topological polar surface area (TPSA) is 37.4 Å². The molecule has 1 saturated heterocycles. The van der Waals surface area contributed by atoms with Gasteiger partial charge in [-0.05, 0) is 18.1 Å². The third kappa shape index (κ3) is 2.68. The summed E-state index contributed by atoms with van der Waals surface area (Å²) in [6.07, 6.45) is 1.00. The highest BCUT2D eigenvalue weighted by molar-refractivity contribution is 9.10. The van der Waals surface area contributed by atoms with Crippen LogP contribution in [0.15, 0.2) is 16.6 Å². The maximum atomic E-state index is 13.7. The van der Waals surface area contributed by atoms with Crippen LogP contribution in [0, 0.1) is 17.6 Å². The zero-order valence-electron chi connectivity index (χ0n) is 10.3. The van der Waals surface area contributed by atoms with E-state index in [1.165, 1.54) is 0 Å². The summed E-state index contributed by atoms with van der Waals surface area (Å²) in [5, 5.41) is 0. The Morgan fingerprint density at radius 3 is 2.47 bits per heavy atom. The van der Waals surface area contributed by atoms with Gasteiger partial charge in [-0.15, -0.1) is 0 Å². The second kappa shape index (κ2) is 5.36. The Morgan fingerprint density at radius 1 is 1.42 bits per heavy atom. The molecule has 0 bridgehead atoms. The molecule has 0 aliphatic carbocycles. The average Bonchev–Trinajstić information content (AvgIpc) is 2.69. The van der Waals surface area contributed by atoms with E-state index in [1.807, 2.05) is 6.92 Å². The molecular formula is C13H12BrF2NO2. The van der Waals surface area contributed by atoms with E-state index in [9.17, 15) is 18.4 Å². The van der Waals surface area contributed by atoms with Crippen LogP contribution in [0.1, 0.15) is 30.1 Å². The monoisotopic (exact) mass is 331 g/mol. The van der Waals surface area contributed by atoms with Gasteiger partial charge in [0.05, 0.1) is 0 Å². The molecule has 1 fully saturated rings. The summed E-state index contributed by atoms with van der Waals surface area (Å²) in [4.78, 5) is 24.7. The first-order valence-corrected chi connectivity index (χ1v) is 6.72. The van der Waals surface area contributed by atoms with Gasteiger partial charge in [0.25, 0.3) is 5.91 Å². The number of benzene rings is 1. The molecule has 1 aliphatic rings. The quantitative estimate of drug-likeness (QED) is 0.781. The van der Waals surface area contributed by atoms with Crippen molar-refractivity contribution < 1.29 is 18.4 Å². The van der Waals surface area contributed by atoms with Crippen molar-refractivity contribution >= 4 is 27.7 Å². The van der Waals surface area contributed by atoms with E-state index < -0.39 is 23.1 Å². The van der Waals surface area contributed by atoms with Gasteiger partial charge in [0, 0.05) is 17.4 Å². The van der Waals surface area contributed by atoms with Gasteiger partial charge in [0.1, 0.15) is 17.2 Å². The van der Waals surface area contributed by atoms with Crippen molar-refractivity contribution in [2.75, 3.05) is 6.54 Å². The normalized spacial score (nSPS) is 19.1. The van der Waals surface area contributed by atoms with Crippen molar-refractivity contribution in [3.8, 4) is 0 Å². The lowest BCUT2D eigenvalue weighted by Gasteiger charge is -2.15. The maximum Gasteiger partial charge on any atom is 0.266 e. The highest BCUT2D eigenvalue weighted by Gasteiger charge is 2.35. The molecule has 1 aromatic rings. The van der Waals surface area contributed by atoms with E-state index in [4.69, 9.17) is 0 Å². The molecule has 0 radical (unpaired) electrons. The highest BCUT2D eigenvalue weighted by Crippen LogP contribution is 2.26. The lowest BCUT2D eigenvalue weighted by atomic mass is 10.1. The number of rotatable bonds is 2. The Balaban J connectivity index is 2.33. The lowest BCUT2D eigenvalue weighted by molar-refractivity contribution is -0.125. The fourth-order valence-electron chi connectivity index (χ4n) is 2.13. The molecule has 2 amide bonds. The fraction of sp³-hybridized carbons (Fsp3) is 0.385. The first-order valence-electron chi connectivity index (χ1n) is 5.93. The Morgan fingerprint density at radius 2 is 2.00 bits per heavy atom. The van der Waals surface area contributed by atoms with Gasteiger partial charge in [0.15, 0.2) is 0 Å². The minimum atomic E-state index is -0.968. The Bertz CT molecular complexity index is 524. The molecule has 2 rings (SSSR count). The summed E-state index contributed by atoms with van der Waals surface area (Å²) in [5.41, 5.74) is -0.673. The Labute approximate surface area is 117 Å². The number of halogens is 3. The third-order valence-electron chi connectivity index (χ3n) is 3.25. The molecule has 0 aromatic heterocycles. The number of carbonyl (C=O) groups excluding carboxylic acids is 2. The summed E-state index contributed by atoms with van der Waals surface area (Å²) in [5.74, 6) is -3.14. The number of amides is 2. The molecule has 0 saturated carbocycles. The average molecular weight is 332 g/mol. The van der Waals surface area contributed by atoms with Crippen molar-refractivity contribution in [3.63, 3.8) is 0 Å². The van der Waals surface area contributed by atoms with Gasteiger partial charge in [-0.25, -0.2) is 8.78 Å². The molecule has 1 atom stereocenters. The molecule has 102 valence electrons. The van der Waals surface area contributed by atoms with Gasteiger partial charge in [0.2, 0.25) is 5.91 Å². The van der Waals surface area contributed by atoms with Crippen LogP contribution in [-0.4, -0.2) is 23.3 Å². The van der Waals surface area contributed by atoms with E-state index in [1.54, 1.807) is 0 Å². The summed E-state index contributed by atoms with van der Waals surface area (Å²) in [6, 6.07) is 2.02. The van der Waals surface area contributed by atoms with E-state index in [0.717, 1.165) is 23.5 Å². The lowest BCUT2D eigenvalue weighted by Crippen LogP contribution is -2.33. The zero-order valence-corrected chi connectivity index (χ0v) is 11.8. The molecule has 19 heavy (non-hydrogen) atoms. The SMILES string of the molecule is CCC1CC(=O)N(C(=O)c2c(F)cc(Br)cc2F)C1. The van der Waals surface area contributed by atoms with Crippen molar-refractivity contribution in [1.82, 2.24) is 4.90 Å². The molecule has 1 unspecified atom stereocenters. The first-order chi connectivity index (χ1) is 8.93. The smallest absolute Gasteiger partial charge is 0.266 e. The Kier molecular flexibility index (Phi) is 3.99. The first kappa shape index (κ1) is 14.1. The number of hydrogen-bond acceptors (Lipinski definition) is 2. The van der Waals surface area contributed by atoms with Crippen LogP contribution in [0.3, 0.4) is 0 Å². The largest absolute Gasteiger partial charge is 0.278 e. The maximum absolute atomic E-state index is 13.7. The molecule has 1 aromatic carbocycles. The van der Waals surface area contributed by atoms with E-state index in [0.29, 0.717) is 0 Å². The van der Waals surface area contributed by atoms with Crippen LogP contribution in [0.4, 0.5) is 8.78 Å². The summed E-state index contributed by atoms with van der Waals surface area (Å²) in [7, 11) is 0. The number of hydrogen-bond donors (Lipinski definition) is 0. The predicted molar refractivity (Wildman–Crippen MR) is 68.5 cm³/mol. The standard InChI is InChI=1S/C13H12BrF2NO2/c1-2-7-3-11(18)17(6-7)13(19)12-9(15)4-8(14)5-10(12)16/h4-5,7H,2-3,6H2,1H3. The van der Waals surface area contributed by atoms with Crippen LogP contribution < -0.4 is 0 Å². The van der Waals surface area contributed by atoms with Crippen LogP contribution in [0.5, 0.6) is 0 Å². The van der Waals surface area contributed by atoms with Gasteiger partial charge in [-0.3, -0.25) is 14.5 Å². The van der Waals surface area contributed by atoms with Gasteiger partial charge in [-0.1, -0.05) is 29.3 Å². The molecule has 3 nitrogen and oxygen atoms in total. The van der Waals surface area contributed by atoms with Crippen molar-refractivity contribution in [2.45, 2.75) is 19.8 Å². The zero-order chi connectivity index (χ0) is 14.2. The fourth-order valence-corrected chi connectivity index (χ4v) is 2.53. The van der Waals surface area contributed by atoms with E-state index in [-0.39, 0.29) is 29.3 Å². The molecule has 0 spiro atoms. The molecule has 1 heterocycles. The van der Waals surface area contributed by atoms with Crippen LogP contribution >= 0.6 is 15.9 Å². The minimum Gasteiger partial charge on any atom is -0.278 e. The van der Waals surface area contributed by atoms with Crippen LogP contribution in [0.2, 0.25) is 0 Å². The van der Waals surface area contributed by atoms with Crippen molar-refractivity contribution in [1.29, 1.82) is 0 Å². The van der Waals surface area contributed by atoms with E-state index >= 15 is 0 Å². The number of likely N-dealkylation sites (tertiary alicyclic amines) is 1. The molecule has 0 N–H and O–H groups in total. The van der Waals surface area contributed by atoms with Crippen LogP contribution in [-0.2, 0) is 4.79 Å². The summed E-state index contributed by atoms with van der Waals surface area (Å²) >= 11 is 2.94. The third-order valence-corrected chi connectivity index (χ3v) is 3.71. The Hall–Kier alpha value is -1.30. The minimum absolute atomic E-state index is 0.0676.